The number of aryl methyl sites for hydroxylation is 2. The lowest BCUT2D eigenvalue weighted by molar-refractivity contribution is -0.115. The molecule has 0 unspecified atom stereocenters. The molecule has 0 radical (unpaired) electrons. The van der Waals surface area contributed by atoms with E-state index in [9.17, 15) is 4.79 Å². The monoisotopic (exact) mass is 448 g/mol. The fourth-order valence-electron chi connectivity index (χ4n) is 3.54. The number of benzene rings is 2. The quantitative estimate of drug-likeness (QED) is 0.247. The summed E-state index contributed by atoms with van der Waals surface area (Å²) < 4.78 is 2.16. The van der Waals surface area contributed by atoms with Crippen LogP contribution in [0.2, 0.25) is 0 Å². The molecule has 2 heterocycles. The molecule has 5 nitrogen and oxygen atoms in total. The highest BCUT2D eigenvalue weighted by Gasteiger charge is 2.20. The van der Waals surface area contributed by atoms with Crippen molar-refractivity contribution in [2.24, 2.45) is 0 Å². The van der Waals surface area contributed by atoms with Crippen LogP contribution in [0.1, 0.15) is 23.7 Å². The number of carbonyl (C=O) groups excluding carboxylic acids is 1. The number of thiazole rings is 1. The van der Waals surface area contributed by atoms with Gasteiger partial charge in [-0.15, -0.1) is 17.9 Å². The molecular formula is C24H24N4OS2. The summed E-state index contributed by atoms with van der Waals surface area (Å²) in [5.41, 5.74) is 6.10. The molecule has 158 valence electrons. The molecule has 0 saturated heterocycles. The van der Waals surface area contributed by atoms with Gasteiger partial charge in [0.25, 0.3) is 0 Å². The highest BCUT2D eigenvalue weighted by Crippen LogP contribution is 2.33. The van der Waals surface area contributed by atoms with Gasteiger partial charge in [0, 0.05) is 24.6 Å². The molecule has 0 N–H and O–H groups in total. The molecule has 0 spiro atoms. The first-order valence-electron chi connectivity index (χ1n) is 9.99. The lowest BCUT2D eigenvalue weighted by Crippen LogP contribution is -2.23. The summed E-state index contributed by atoms with van der Waals surface area (Å²) in [7, 11) is 0. The molecule has 1 amide bonds. The van der Waals surface area contributed by atoms with Crippen LogP contribution in [0, 0.1) is 13.8 Å². The number of amides is 1. The number of rotatable bonds is 7. The van der Waals surface area contributed by atoms with E-state index in [0.717, 1.165) is 33.1 Å². The van der Waals surface area contributed by atoms with Gasteiger partial charge in [0.1, 0.15) is 0 Å². The smallest absolute Gasteiger partial charge is 0.230 e. The number of carbonyl (C=O) groups is 1. The number of nitrogens with zero attached hydrogens (tertiary/aromatic N) is 4. The van der Waals surface area contributed by atoms with Crippen molar-refractivity contribution >= 4 is 50.9 Å². The molecule has 0 aliphatic rings. The van der Waals surface area contributed by atoms with Crippen LogP contribution in [0.4, 0.5) is 10.8 Å². The van der Waals surface area contributed by atoms with E-state index in [1.807, 2.05) is 55.6 Å². The maximum Gasteiger partial charge on any atom is 0.230 e. The summed E-state index contributed by atoms with van der Waals surface area (Å²) in [5.74, 6) is 0.628. The van der Waals surface area contributed by atoms with Crippen LogP contribution in [0.25, 0.3) is 11.0 Å². The Morgan fingerprint density at radius 3 is 2.77 bits per heavy atom. The second-order valence-corrected chi connectivity index (χ2v) is 9.12. The topological polar surface area (TPSA) is 51.0 Å². The third-order valence-corrected chi connectivity index (χ3v) is 6.80. The van der Waals surface area contributed by atoms with Gasteiger partial charge < -0.3 is 4.57 Å². The Bertz CT molecular complexity index is 1260. The molecule has 0 aliphatic heterocycles. The molecule has 4 rings (SSSR count). The number of aromatic nitrogens is 3. The van der Waals surface area contributed by atoms with Gasteiger partial charge in [0.2, 0.25) is 5.91 Å². The second kappa shape index (κ2) is 9.08. The average Bonchev–Trinajstić information content (AvgIpc) is 3.33. The Hall–Kier alpha value is -2.90. The predicted octanol–water partition coefficient (Wildman–Crippen LogP) is 6.27. The Kier molecular flexibility index (Phi) is 6.25. The molecule has 0 bridgehead atoms. The van der Waals surface area contributed by atoms with Gasteiger partial charge >= 0.3 is 0 Å². The summed E-state index contributed by atoms with van der Waals surface area (Å²) in [5, 5.41) is 3.64. The number of para-hydroxylation sites is 2. The van der Waals surface area contributed by atoms with Crippen molar-refractivity contribution in [1.82, 2.24) is 14.5 Å². The van der Waals surface area contributed by atoms with Crippen molar-refractivity contribution in [3.05, 3.63) is 77.3 Å². The summed E-state index contributed by atoms with van der Waals surface area (Å²) in [6.07, 6.45) is 1.88. The predicted molar refractivity (Wildman–Crippen MR) is 130 cm³/mol. The number of anilines is 2. The van der Waals surface area contributed by atoms with Crippen molar-refractivity contribution in [1.29, 1.82) is 0 Å². The van der Waals surface area contributed by atoms with Gasteiger partial charge in [-0.3, -0.25) is 9.69 Å². The number of hydrogen-bond acceptors (Lipinski definition) is 5. The molecule has 0 atom stereocenters. The molecule has 0 saturated carbocycles. The van der Waals surface area contributed by atoms with Crippen LogP contribution in [-0.2, 0) is 17.1 Å². The van der Waals surface area contributed by atoms with Crippen molar-refractivity contribution in [3.63, 3.8) is 0 Å². The third kappa shape index (κ3) is 4.43. The van der Waals surface area contributed by atoms with Crippen LogP contribution in [0.5, 0.6) is 0 Å². The van der Waals surface area contributed by atoms with Gasteiger partial charge in [0.15, 0.2) is 10.3 Å². The molecule has 0 fully saturated rings. The maximum atomic E-state index is 12.5. The average molecular weight is 449 g/mol. The van der Waals surface area contributed by atoms with Crippen LogP contribution in [-0.4, -0.2) is 20.4 Å². The Labute approximate surface area is 190 Å². The lowest BCUT2D eigenvalue weighted by Gasteiger charge is -2.20. The van der Waals surface area contributed by atoms with Crippen LogP contribution in [0.15, 0.2) is 65.7 Å². The first-order chi connectivity index (χ1) is 15.0. The van der Waals surface area contributed by atoms with Crippen molar-refractivity contribution in [3.8, 4) is 0 Å². The van der Waals surface area contributed by atoms with E-state index in [1.54, 1.807) is 23.6 Å². The summed E-state index contributed by atoms with van der Waals surface area (Å²) in [6, 6.07) is 14.2. The molecule has 7 heteroatoms. The zero-order valence-corrected chi connectivity index (χ0v) is 19.5. The summed E-state index contributed by atoms with van der Waals surface area (Å²) in [4.78, 5) is 23.7. The summed E-state index contributed by atoms with van der Waals surface area (Å²) in [6.45, 7) is 10.2. The SMILES string of the molecule is C=CCn1c(SCc2csc(N(C(C)=O)c3ccc(C)cc3C)n2)nc2ccccc21. The highest BCUT2D eigenvalue weighted by molar-refractivity contribution is 7.98. The molecule has 31 heavy (non-hydrogen) atoms. The van der Waals surface area contributed by atoms with E-state index >= 15 is 0 Å². The minimum absolute atomic E-state index is 0.0479. The van der Waals surface area contributed by atoms with E-state index in [-0.39, 0.29) is 5.91 Å². The standard InChI is InChI=1S/C24H24N4OS2/c1-5-12-27-22-9-7-6-8-20(22)26-23(27)30-14-19-15-31-24(25-19)28(18(4)29)21-11-10-16(2)13-17(21)3/h5-11,13,15H,1,12,14H2,2-4H3. The van der Waals surface area contributed by atoms with Crippen LogP contribution in [0.3, 0.4) is 0 Å². The number of allylic oxidation sites excluding steroid dienone is 1. The number of fused-ring (bicyclic) bond motifs is 1. The van der Waals surface area contributed by atoms with E-state index in [2.05, 4.69) is 23.3 Å². The second-order valence-electron chi connectivity index (χ2n) is 7.34. The first kappa shape index (κ1) is 21.3. The zero-order valence-electron chi connectivity index (χ0n) is 17.8. The highest BCUT2D eigenvalue weighted by atomic mass is 32.2. The molecular weight excluding hydrogens is 424 g/mol. The largest absolute Gasteiger partial charge is 0.315 e. The van der Waals surface area contributed by atoms with E-state index in [1.165, 1.54) is 16.9 Å². The molecule has 2 aromatic carbocycles. The van der Waals surface area contributed by atoms with Gasteiger partial charge in [-0.05, 0) is 37.6 Å². The minimum Gasteiger partial charge on any atom is -0.315 e. The summed E-state index contributed by atoms with van der Waals surface area (Å²) >= 11 is 3.13. The maximum absolute atomic E-state index is 12.5. The van der Waals surface area contributed by atoms with Gasteiger partial charge in [-0.2, -0.15) is 0 Å². The molecule has 0 aliphatic carbocycles. The lowest BCUT2D eigenvalue weighted by atomic mass is 10.1. The fourth-order valence-corrected chi connectivity index (χ4v) is 5.44. The molecule has 4 aromatic rings. The van der Waals surface area contributed by atoms with Crippen molar-refractivity contribution < 1.29 is 4.79 Å². The van der Waals surface area contributed by atoms with E-state index in [0.29, 0.717) is 17.4 Å². The Balaban J connectivity index is 1.58. The fraction of sp³-hybridized carbons (Fsp3) is 0.208. The Morgan fingerprint density at radius 1 is 1.23 bits per heavy atom. The van der Waals surface area contributed by atoms with Gasteiger partial charge in [-0.1, -0.05) is 47.7 Å². The Morgan fingerprint density at radius 2 is 2.03 bits per heavy atom. The number of hydrogen-bond donors (Lipinski definition) is 0. The van der Waals surface area contributed by atoms with Crippen LogP contribution < -0.4 is 4.90 Å². The van der Waals surface area contributed by atoms with Gasteiger partial charge in [-0.25, -0.2) is 9.97 Å². The molecule has 2 aromatic heterocycles. The minimum atomic E-state index is -0.0479. The number of thioether (sulfide) groups is 1. The first-order valence-corrected chi connectivity index (χ1v) is 11.9. The zero-order chi connectivity index (χ0) is 22.0. The number of imidazole rings is 1. The van der Waals surface area contributed by atoms with Crippen LogP contribution >= 0.6 is 23.1 Å². The van der Waals surface area contributed by atoms with Gasteiger partial charge in [0.05, 0.1) is 22.4 Å². The van der Waals surface area contributed by atoms with E-state index in [4.69, 9.17) is 9.97 Å². The normalized spacial score (nSPS) is 11.1. The van der Waals surface area contributed by atoms with Crippen molar-refractivity contribution in [2.45, 2.75) is 38.2 Å². The van der Waals surface area contributed by atoms with E-state index < -0.39 is 0 Å². The van der Waals surface area contributed by atoms with Crippen molar-refractivity contribution in [2.75, 3.05) is 4.90 Å². The third-order valence-electron chi connectivity index (χ3n) is 4.92.